The van der Waals surface area contributed by atoms with Crippen molar-refractivity contribution < 1.29 is 18.7 Å². The zero-order chi connectivity index (χ0) is 23.4. The van der Waals surface area contributed by atoms with Crippen molar-refractivity contribution in [1.29, 1.82) is 0 Å². The lowest BCUT2D eigenvalue weighted by Crippen LogP contribution is -2.15. The number of nitrogens with zero attached hydrogens (tertiary/aromatic N) is 2. The van der Waals surface area contributed by atoms with Crippen LogP contribution in [0.25, 0.3) is 5.69 Å². The van der Waals surface area contributed by atoms with Gasteiger partial charge in [0.1, 0.15) is 11.6 Å². The van der Waals surface area contributed by atoms with Crippen LogP contribution in [0.3, 0.4) is 0 Å². The van der Waals surface area contributed by atoms with Crippen LogP contribution in [-0.2, 0) is 0 Å². The SMILES string of the molecule is COc1ccc(NC(=O)c2cc(C)n(-c3ccccc3)n2)cc1NC(=O)c1cccc(F)c1. The molecular formula is C25H21FN4O3. The smallest absolute Gasteiger partial charge is 0.276 e. The molecule has 0 saturated carbocycles. The van der Waals surface area contributed by atoms with Gasteiger partial charge in [0, 0.05) is 16.9 Å². The first-order valence-corrected chi connectivity index (χ1v) is 10.1. The molecule has 0 spiro atoms. The molecule has 0 unspecified atom stereocenters. The first-order valence-electron chi connectivity index (χ1n) is 10.1. The van der Waals surface area contributed by atoms with Gasteiger partial charge in [-0.15, -0.1) is 0 Å². The first kappa shape index (κ1) is 21.8. The van der Waals surface area contributed by atoms with Crippen LogP contribution >= 0.6 is 0 Å². The number of benzene rings is 3. The van der Waals surface area contributed by atoms with Crippen LogP contribution in [0, 0.1) is 12.7 Å². The monoisotopic (exact) mass is 444 g/mol. The molecule has 8 heteroatoms. The van der Waals surface area contributed by atoms with E-state index in [9.17, 15) is 14.0 Å². The van der Waals surface area contributed by atoms with Crippen molar-refractivity contribution in [2.45, 2.75) is 6.92 Å². The van der Waals surface area contributed by atoms with Crippen LogP contribution in [0.2, 0.25) is 0 Å². The van der Waals surface area contributed by atoms with Crippen molar-refractivity contribution in [2.24, 2.45) is 0 Å². The minimum Gasteiger partial charge on any atom is -0.495 e. The Hall–Kier alpha value is -4.46. The molecule has 0 aliphatic rings. The van der Waals surface area contributed by atoms with Gasteiger partial charge in [0.05, 0.1) is 18.5 Å². The van der Waals surface area contributed by atoms with E-state index in [0.29, 0.717) is 17.1 Å². The molecule has 1 heterocycles. The van der Waals surface area contributed by atoms with Crippen LogP contribution in [0.4, 0.5) is 15.8 Å². The molecule has 0 aliphatic carbocycles. The zero-order valence-electron chi connectivity index (χ0n) is 18.0. The lowest BCUT2D eigenvalue weighted by atomic mass is 10.2. The quantitative estimate of drug-likeness (QED) is 0.446. The van der Waals surface area contributed by atoms with Gasteiger partial charge >= 0.3 is 0 Å². The fraction of sp³-hybridized carbons (Fsp3) is 0.0800. The lowest BCUT2D eigenvalue weighted by Gasteiger charge is -2.13. The number of aromatic nitrogens is 2. The van der Waals surface area contributed by atoms with Gasteiger partial charge in [-0.1, -0.05) is 24.3 Å². The lowest BCUT2D eigenvalue weighted by molar-refractivity contribution is 0.101. The molecule has 4 rings (SSSR count). The van der Waals surface area contributed by atoms with E-state index < -0.39 is 17.6 Å². The number of carbonyl (C=O) groups excluding carboxylic acids is 2. The maximum absolute atomic E-state index is 13.5. The summed E-state index contributed by atoms with van der Waals surface area (Å²) in [6.07, 6.45) is 0. The zero-order valence-corrected chi connectivity index (χ0v) is 18.0. The highest BCUT2D eigenvalue weighted by Gasteiger charge is 2.16. The van der Waals surface area contributed by atoms with E-state index in [1.165, 1.54) is 25.3 Å². The molecule has 0 atom stereocenters. The van der Waals surface area contributed by atoms with Gasteiger partial charge in [0.25, 0.3) is 11.8 Å². The van der Waals surface area contributed by atoms with Crippen LogP contribution in [0.1, 0.15) is 26.5 Å². The second kappa shape index (κ2) is 9.35. The number of hydrogen-bond donors (Lipinski definition) is 2. The number of halogens is 1. The van der Waals surface area contributed by atoms with Crippen LogP contribution < -0.4 is 15.4 Å². The summed E-state index contributed by atoms with van der Waals surface area (Å²) in [6, 6.07) is 21.4. The van der Waals surface area contributed by atoms with Gasteiger partial charge in [-0.25, -0.2) is 9.07 Å². The summed E-state index contributed by atoms with van der Waals surface area (Å²) in [5, 5.41) is 9.88. The second-order valence-corrected chi connectivity index (χ2v) is 7.25. The van der Waals surface area contributed by atoms with Crippen molar-refractivity contribution in [3.63, 3.8) is 0 Å². The van der Waals surface area contributed by atoms with Gasteiger partial charge in [-0.2, -0.15) is 5.10 Å². The van der Waals surface area contributed by atoms with Crippen molar-refractivity contribution in [3.05, 3.63) is 102 Å². The van der Waals surface area contributed by atoms with Crippen molar-refractivity contribution in [1.82, 2.24) is 9.78 Å². The molecule has 3 aromatic carbocycles. The van der Waals surface area contributed by atoms with Gasteiger partial charge in [-0.05, 0) is 61.5 Å². The summed E-state index contributed by atoms with van der Waals surface area (Å²) < 4.78 is 20.4. The highest BCUT2D eigenvalue weighted by atomic mass is 19.1. The number of nitrogens with one attached hydrogen (secondary N) is 2. The Bertz CT molecular complexity index is 1320. The summed E-state index contributed by atoms with van der Waals surface area (Å²) in [6.45, 7) is 1.87. The Morgan fingerprint density at radius 3 is 2.42 bits per heavy atom. The largest absolute Gasteiger partial charge is 0.495 e. The molecule has 166 valence electrons. The molecule has 7 nitrogen and oxygen atoms in total. The molecule has 0 radical (unpaired) electrons. The van der Waals surface area contributed by atoms with E-state index >= 15 is 0 Å². The maximum Gasteiger partial charge on any atom is 0.276 e. The number of para-hydroxylation sites is 1. The fourth-order valence-corrected chi connectivity index (χ4v) is 3.32. The van der Waals surface area contributed by atoms with Crippen molar-refractivity contribution in [3.8, 4) is 11.4 Å². The standard InChI is InChI=1S/C25H21FN4O3/c1-16-13-22(29-30(16)20-9-4-3-5-10-20)25(32)27-19-11-12-23(33-2)21(15-19)28-24(31)17-7-6-8-18(26)14-17/h3-15H,1-2H3,(H,27,32)(H,28,31). The minimum atomic E-state index is -0.513. The van der Waals surface area contributed by atoms with Gasteiger partial charge in [0.2, 0.25) is 0 Å². The predicted molar refractivity (Wildman–Crippen MR) is 124 cm³/mol. The van der Waals surface area contributed by atoms with Crippen LogP contribution in [0.15, 0.2) is 78.9 Å². The Kier molecular flexibility index (Phi) is 6.17. The van der Waals surface area contributed by atoms with E-state index in [1.807, 2.05) is 37.3 Å². The molecule has 4 aromatic rings. The molecule has 2 N–H and O–H groups in total. The van der Waals surface area contributed by atoms with Gasteiger partial charge in [0.15, 0.2) is 5.69 Å². The Balaban J connectivity index is 1.54. The average molecular weight is 444 g/mol. The van der Waals surface area contributed by atoms with Crippen molar-refractivity contribution >= 4 is 23.2 Å². The topological polar surface area (TPSA) is 85.2 Å². The maximum atomic E-state index is 13.5. The molecule has 1 aromatic heterocycles. The summed E-state index contributed by atoms with van der Waals surface area (Å²) in [7, 11) is 1.46. The summed E-state index contributed by atoms with van der Waals surface area (Å²) in [5.41, 5.74) is 2.83. The van der Waals surface area contributed by atoms with Crippen LogP contribution in [-0.4, -0.2) is 28.7 Å². The van der Waals surface area contributed by atoms with E-state index in [1.54, 1.807) is 28.9 Å². The number of hydrogen-bond acceptors (Lipinski definition) is 4. The molecule has 0 saturated heterocycles. The van der Waals surface area contributed by atoms with Gasteiger partial charge in [-0.3, -0.25) is 9.59 Å². The highest BCUT2D eigenvalue weighted by Crippen LogP contribution is 2.29. The average Bonchev–Trinajstić information content (AvgIpc) is 3.21. The van der Waals surface area contributed by atoms with Gasteiger partial charge < -0.3 is 15.4 Å². The molecule has 0 aliphatic heterocycles. The number of aryl methyl sites for hydroxylation is 1. The molecule has 0 fully saturated rings. The third-order valence-corrected chi connectivity index (χ3v) is 4.91. The first-order chi connectivity index (χ1) is 15.9. The molecule has 0 bridgehead atoms. The second-order valence-electron chi connectivity index (χ2n) is 7.25. The van der Waals surface area contributed by atoms with Crippen LogP contribution in [0.5, 0.6) is 5.75 Å². The fourth-order valence-electron chi connectivity index (χ4n) is 3.32. The number of carbonyl (C=O) groups is 2. The third-order valence-electron chi connectivity index (χ3n) is 4.91. The number of rotatable bonds is 6. The third kappa shape index (κ3) is 4.90. The summed E-state index contributed by atoms with van der Waals surface area (Å²) in [5.74, 6) is -1.03. The normalized spacial score (nSPS) is 10.5. The number of anilines is 2. The number of ether oxygens (including phenoxy) is 1. The number of amides is 2. The Morgan fingerprint density at radius 1 is 0.909 bits per heavy atom. The van der Waals surface area contributed by atoms with E-state index in [4.69, 9.17) is 4.74 Å². The Labute approximate surface area is 189 Å². The van der Waals surface area contributed by atoms with E-state index in [2.05, 4.69) is 15.7 Å². The Morgan fingerprint density at radius 2 is 1.70 bits per heavy atom. The molecule has 2 amide bonds. The molecule has 33 heavy (non-hydrogen) atoms. The summed E-state index contributed by atoms with van der Waals surface area (Å²) >= 11 is 0. The molecular weight excluding hydrogens is 423 g/mol. The highest BCUT2D eigenvalue weighted by molar-refractivity contribution is 6.06. The minimum absolute atomic E-state index is 0.161. The van der Waals surface area contributed by atoms with Crippen molar-refractivity contribution in [2.75, 3.05) is 17.7 Å². The number of methoxy groups -OCH3 is 1. The van der Waals surface area contributed by atoms with E-state index in [-0.39, 0.29) is 11.3 Å². The summed E-state index contributed by atoms with van der Waals surface area (Å²) in [4.78, 5) is 25.3. The van der Waals surface area contributed by atoms with E-state index in [0.717, 1.165) is 17.4 Å². The predicted octanol–water partition coefficient (Wildman–Crippen LogP) is 4.83.